The molecule has 40 heavy (non-hydrogen) atoms. The second-order valence-electron chi connectivity index (χ2n) is 11.3. The van der Waals surface area contributed by atoms with Crippen LogP contribution < -0.4 is 16.0 Å². The summed E-state index contributed by atoms with van der Waals surface area (Å²) in [5.41, 5.74) is 0.808. The molecule has 1 fully saturated rings. The van der Waals surface area contributed by atoms with Crippen molar-refractivity contribution < 1.29 is 23.9 Å². The van der Waals surface area contributed by atoms with Gasteiger partial charge in [0.05, 0.1) is 6.42 Å². The molecular formula is C31H48ClN3O5. The van der Waals surface area contributed by atoms with E-state index in [2.05, 4.69) is 22.9 Å². The number of esters is 1. The fourth-order valence-electron chi connectivity index (χ4n) is 4.84. The number of rotatable bonds is 12. The first-order valence-corrected chi connectivity index (χ1v) is 15.3. The number of halogens is 1. The molecule has 0 aromatic heterocycles. The molecular weight excluding hydrogens is 530 g/mol. The molecule has 0 unspecified atom stereocenters. The molecule has 3 N–H and O–H groups in total. The molecule has 2 rings (SSSR count). The Morgan fingerprint density at radius 1 is 0.875 bits per heavy atom. The second-order valence-corrected chi connectivity index (χ2v) is 11.7. The van der Waals surface area contributed by atoms with Crippen molar-refractivity contribution in [3.8, 4) is 0 Å². The van der Waals surface area contributed by atoms with E-state index in [0.717, 1.165) is 31.2 Å². The first kappa shape index (κ1) is 33.6. The number of hydrogen-bond acceptors (Lipinski definition) is 5. The van der Waals surface area contributed by atoms with E-state index in [1.807, 2.05) is 20.8 Å². The van der Waals surface area contributed by atoms with Gasteiger partial charge in [0.15, 0.2) is 0 Å². The minimum atomic E-state index is -0.917. The van der Waals surface area contributed by atoms with Gasteiger partial charge < -0.3 is 20.7 Å². The lowest BCUT2D eigenvalue weighted by Crippen LogP contribution is -2.55. The maximum atomic E-state index is 13.4. The van der Waals surface area contributed by atoms with E-state index in [1.165, 1.54) is 19.3 Å². The smallest absolute Gasteiger partial charge is 0.329 e. The van der Waals surface area contributed by atoms with E-state index in [4.69, 9.17) is 16.3 Å². The molecule has 0 aliphatic carbocycles. The van der Waals surface area contributed by atoms with E-state index < -0.39 is 42.0 Å². The Hall–Kier alpha value is -2.61. The first-order chi connectivity index (χ1) is 19.0. The maximum Gasteiger partial charge on any atom is 0.329 e. The molecule has 1 heterocycles. The van der Waals surface area contributed by atoms with Crippen molar-refractivity contribution in [2.75, 3.05) is 0 Å². The van der Waals surface area contributed by atoms with Crippen molar-refractivity contribution >= 4 is 35.3 Å². The normalized spacial score (nSPS) is 24.4. The summed E-state index contributed by atoms with van der Waals surface area (Å²) >= 11 is 6.01. The van der Waals surface area contributed by atoms with Gasteiger partial charge in [-0.05, 0) is 42.9 Å². The fraction of sp³-hybridized carbons (Fsp3) is 0.677. The summed E-state index contributed by atoms with van der Waals surface area (Å²) in [7, 11) is 0. The van der Waals surface area contributed by atoms with Crippen LogP contribution in [0.4, 0.5) is 0 Å². The summed E-state index contributed by atoms with van der Waals surface area (Å²) in [5.74, 6) is -2.15. The molecule has 1 saturated heterocycles. The van der Waals surface area contributed by atoms with E-state index in [9.17, 15) is 19.2 Å². The molecule has 0 bridgehead atoms. The van der Waals surface area contributed by atoms with Gasteiger partial charge >= 0.3 is 5.97 Å². The van der Waals surface area contributed by atoms with Crippen LogP contribution in [-0.4, -0.2) is 47.9 Å². The van der Waals surface area contributed by atoms with E-state index in [-0.39, 0.29) is 30.6 Å². The molecule has 8 nitrogen and oxygen atoms in total. The predicted octanol–water partition coefficient (Wildman–Crippen LogP) is 5.11. The Morgan fingerprint density at radius 2 is 1.52 bits per heavy atom. The van der Waals surface area contributed by atoms with Gasteiger partial charge in [0.25, 0.3) is 0 Å². The molecule has 3 amide bonds. The Kier molecular flexibility index (Phi) is 14.5. The van der Waals surface area contributed by atoms with Crippen molar-refractivity contribution in [1.29, 1.82) is 0 Å². The zero-order chi connectivity index (χ0) is 29.7. The van der Waals surface area contributed by atoms with Crippen molar-refractivity contribution in [2.45, 2.75) is 123 Å². The monoisotopic (exact) mass is 577 g/mol. The fourth-order valence-corrected chi connectivity index (χ4v) is 4.97. The summed E-state index contributed by atoms with van der Waals surface area (Å²) in [5, 5.41) is 8.89. The van der Waals surface area contributed by atoms with Crippen molar-refractivity contribution in [3.63, 3.8) is 0 Å². The van der Waals surface area contributed by atoms with Crippen molar-refractivity contribution in [1.82, 2.24) is 16.0 Å². The Morgan fingerprint density at radius 3 is 2.17 bits per heavy atom. The van der Waals surface area contributed by atoms with Crippen LogP contribution in [0.3, 0.4) is 0 Å². The molecule has 1 aliphatic rings. The van der Waals surface area contributed by atoms with Crippen LogP contribution in [0.2, 0.25) is 5.02 Å². The highest BCUT2D eigenvalue weighted by molar-refractivity contribution is 6.30. The summed E-state index contributed by atoms with van der Waals surface area (Å²) in [4.78, 5) is 52.9. The third-order valence-electron chi connectivity index (χ3n) is 7.82. The summed E-state index contributed by atoms with van der Waals surface area (Å²) in [6.07, 6.45) is 7.77. The van der Waals surface area contributed by atoms with Crippen LogP contribution in [0.1, 0.15) is 98.0 Å². The molecule has 0 radical (unpaired) electrons. The number of nitrogens with one attached hydrogen (secondary N) is 3. The number of carbonyl (C=O) groups excluding carboxylic acids is 4. The Labute approximate surface area is 244 Å². The molecule has 1 aromatic carbocycles. The van der Waals surface area contributed by atoms with Gasteiger partial charge in [-0.15, -0.1) is 0 Å². The lowest BCUT2D eigenvalue weighted by Gasteiger charge is -2.29. The highest BCUT2D eigenvalue weighted by Crippen LogP contribution is 2.22. The van der Waals surface area contributed by atoms with Crippen LogP contribution in [0.5, 0.6) is 0 Å². The lowest BCUT2D eigenvalue weighted by atomic mass is 9.93. The van der Waals surface area contributed by atoms with Crippen LogP contribution >= 0.6 is 11.6 Å². The number of ether oxygens (including phenoxy) is 1. The van der Waals surface area contributed by atoms with Crippen molar-refractivity contribution in [2.24, 2.45) is 11.8 Å². The lowest BCUT2D eigenvalue weighted by molar-refractivity contribution is -0.158. The molecule has 1 aliphatic heterocycles. The predicted molar refractivity (Wildman–Crippen MR) is 158 cm³/mol. The highest BCUT2D eigenvalue weighted by atomic mass is 35.5. The number of amides is 3. The molecule has 6 atom stereocenters. The van der Waals surface area contributed by atoms with E-state index in [0.29, 0.717) is 11.4 Å². The Balaban J connectivity index is 2.29. The second kappa shape index (κ2) is 17.3. The summed E-state index contributed by atoms with van der Waals surface area (Å²) in [6.45, 7) is 9.54. The SMILES string of the molecule is CCCCCCCC[C@H](C)[C@@H]1CC(=O)N[C@@H](Cc2ccc(Cl)cc2)C(=O)N[C@@H](C)C(=O)N[C@H]([C@@H](C)CC)C(=O)O1. The third-order valence-corrected chi connectivity index (χ3v) is 8.08. The summed E-state index contributed by atoms with van der Waals surface area (Å²) in [6, 6.07) is 4.32. The standard InChI is InChI=1S/C31H48ClN3O5/c1-6-8-9-10-11-12-13-21(4)26-19-27(36)34-25(18-23-14-16-24(32)17-15-23)30(38)33-22(5)29(37)35-28(20(3)7-2)31(39)40-26/h14-17,20-22,25-26,28H,6-13,18-19H2,1-5H3,(H,33,38)(H,34,36)(H,35,37)/t20-,21-,22-,25-,26-,28+/m0/s1. The number of unbranched alkanes of at least 4 members (excludes halogenated alkanes) is 5. The number of carbonyl (C=O) groups is 4. The first-order valence-electron chi connectivity index (χ1n) is 14.9. The van der Waals surface area contributed by atoms with Gasteiger partial charge in [-0.1, -0.05) is 96.4 Å². The minimum absolute atomic E-state index is 0.0656. The minimum Gasteiger partial charge on any atom is -0.460 e. The molecule has 1 aromatic rings. The molecule has 9 heteroatoms. The molecule has 0 spiro atoms. The number of cyclic esters (lactones) is 1. The largest absolute Gasteiger partial charge is 0.460 e. The van der Waals surface area contributed by atoms with Gasteiger partial charge in [-0.3, -0.25) is 14.4 Å². The average molecular weight is 578 g/mol. The van der Waals surface area contributed by atoms with Gasteiger partial charge in [-0.2, -0.15) is 0 Å². The van der Waals surface area contributed by atoms with Crippen LogP contribution in [-0.2, 0) is 30.3 Å². The van der Waals surface area contributed by atoms with E-state index in [1.54, 1.807) is 31.2 Å². The van der Waals surface area contributed by atoms with Gasteiger partial charge in [0.2, 0.25) is 17.7 Å². The zero-order valence-corrected chi connectivity index (χ0v) is 25.5. The molecule has 224 valence electrons. The quantitative estimate of drug-likeness (QED) is 0.236. The van der Waals surface area contributed by atoms with Gasteiger partial charge in [0.1, 0.15) is 24.2 Å². The van der Waals surface area contributed by atoms with Gasteiger partial charge in [-0.25, -0.2) is 4.79 Å². The van der Waals surface area contributed by atoms with Crippen LogP contribution in [0.25, 0.3) is 0 Å². The number of benzene rings is 1. The van der Waals surface area contributed by atoms with Crippen LogP contribution in [0, 0.1) is 11.8 Å². The third kappa shape index (κ3) is 11.1. The van der Waals surface area contributed by atoms with Gasteiger partial charge in [0, 0.05) is 11.4 Å². The zero-order valence-electron chi connectivity index (χ0n) is 24.8. The highest BCUT2D eigenvalue weighted by Gasteiger charge is 2.35. The average Bonchev–Trinajstić information content (AvgIpc) is 2.93. The van der Waals surface area contributed by atoms with Crippen molar-refractivity contribution in [3.05, 3.63) is 34.9 Å². The van der Waals surface area contributed by atoms with Crippen LogP contribution in [0.15, 0.2) is 24.3 Å². The number of hydrogen-bond donors (Lipinski definition) is 3. The molecule has 0 saturated carbocycles. The summed E-state index contributed by atoms with van der Waals surface area (Å²) < 4.78 is 5.97. The Bertz CT molecular complexity index is 970. The maximum absolute atomic E-state index is 13.4. The topological polar surface area (TPSA) is 114 Å². The van der Waals surface area contributed by atoms with E-state index >= 15 is 0 Å².